The van der Waals surface area contributed by atoms with Gasteiger partial charge >= 0.3 is 0 Å². The van der Waals surface area contributed by atoms with E-state index in [-0.39, 0.29) is 23.3 Å². The monoisotopic (exact) mass is 292 g/mol. The Morgan fingerprint density at radius 1 is 1.52 bits per heavy atom. The summed E-state index contributed by atoms with van der Waals surface area (Å²) in [6.45, 7) is 7.23. The van der Waals surface area contributed by atoms with E-state index in [4.69, 9.17) is 4.74 Å². The Morgan fingerprint density at radius 3 is 2.86 bits per heavy atom. The normalized spacial score (nSPS) is 19.8. The molecule has 116 valence electrons. The SMILES string of the molecule is CCN(CC(=O)NC)C1CC(C)(C)Oc2cc(O)ccc21. The van der Waals surface area contributed by atoms with Crippen LogP contribution in [0.15, 0.2) is 18.2 Å². The van der Waals surface area contributed by atoms with Gasteiger partial charge in [-0.3, -0.25) is 9.69 Å². The van der Waals surface area contributed by atoms with Crippen molar-refractivity contribution < 1.29 is 14.6 Å². The molecule has 0 radical (unpaired) electrons. The molecule has 1 aromatic carbocycles. The Bertz CT molecular complexity index is 528. The second kappa shape index (κ2) is 5.93. The Kier molecular flexibility index (Phi) is 4.42. The molecular formula is C16H24N2O3. The highest BCUT2D eigenvalue weighted by Crippen LogP contribution is 2.43. The number of ether oxygens (including phenoxy) is 1. The van der Waals surface area contributed by atoms with Gasteiger partial charge < -0.3 is 15.2 Å². The number of fused-ring (bicyclic) bond motifs is 1. The van der Waals surface area contributed by atoms with Gasteiger partial charge in [-0.2, -0.15) is 0 Å². The first kappa shape index (κ1) is 15.6. The van der Waals surface area contributed by atoms with E-state index in [0.717, 1.165) is 18.5 Å². The van der Waals surface area contributed by atoms with Crippen molar-refractivity contribution in [3.05, 3.63) is 23.8 Å². The summed E-state index contributed by atoms with van der Waals surface area (Å²) in [5, 5.41) is 12.3. The molecule has 0 aliphatic carbocycles. The molecule has 5 heteroatoms. The number of hydrogen-bond acceptors (Lipinski definition) is 4. The van der Waals surface area contributed by atoms with Crippen molar-refractivity contribution >= 4 is 5.91 Å². The Balaban J connectivity index is 2.36. The van der Waals surface area contributed by atoms with Crippen LogP contribution in [-0.2, 0) is 4.79 Å². The van der Waals surface area contributed by atoms with Crippen LogP contribution in [0.4, 0.5) is 0 Å². The van der Waals surface area contributed by atoms with Gasteiger partial charge in [-0.1, -0.05) is 13.0 Å². The van der Waals surface area contributed by atoms with Gasteiger partial charge in [-0.05, 0) is 26.5 Å². The molecule has 0 bridgehead atoms. The summed E-state index contributed by atoms with van der Waals surface area (Å²) >= 11 is 0. The summed E-state index contributed by atoms with van der Waals surface area (Å²) in [5.41, 5.74) is 0.694. The minimum atomic E-state index is -0.332. The molecule has 1 amide bonds. The van der Waals surface area contributed by atoms with Gasteiger partial charge in [0.25, 0.3) is 0 Å². The first-order valence-corrected chi connectivity index (χ1v) is 7.33. The van der Waals surface area contributed by atoms with E-state index < -0.39 is 0 Å². The fraction of sp³-hybridized carbons (Fsp3) is 0.562. The number of nitrogens with one attached hydrogen (secondary N) is 1. The van der Waals surface area contributed by atoms with Crippen LogP contribution in [0, 0.1) is 0 Å². The number of carbonyl (C=O) groups is 1. The highest BCUT2D eigenvalue weighted by molar-refractivity contribution is 5.77. The van der Waals surface area contributed by atoms with Crippen LogP contribution in [0.25, 0.3) is 0 Å². The van der Waals surface area contributed by atoms with E-state index in [1.165, 1.54) is 0 Å². The van der Waals surface area contributed by atoms with Gasteiger partial charge in [0, 0.05) is 31.1 Å². The summed E-state index contributed by atoms with van der Waals surface area (Å²) in [6, 6.07) is 5.31. The molecule has 21 heavy (non-hydrogen) atoms. The molecule has 2 rings (SSSR count). The number of phenols is 1. The summed E-state index contributed by atoms with van der Waals surface area (Å²) in [5.74, 6) is 0.896. The van der Waals surface area contributed by atoms with E-state index >= 15 is 0 Å². The maximum atomic E-state index is 11.7. The summed E-state index contributed by atoms with van der Waals surface area (Å²) < 4.78 is 5.97. The minimum absolute atomic E-state index is 0.00137. The van der Waals surface area contributed by atoms with E-state index in [1.807, 2.05) is 26.8 Å². The molecule has 0 aromatic heterocycles. The molecule has 2 N–H and O–H groups in total. The summed E-state index contributed by atoms with van der Waals surface area (Å²) in [7, 11) is 1.65. The molecule has 5 nitrogen and oxygen atoms in total. The standard InChI is InChI=1S/C16H24N2O3/c1-5-18(10-15(20)17-4)13-9-16(2,3)21-14-8-11(19)6-7-12(13)14/h6-8,13,19H,5,9-10H2,1-4H3,(H,17,20). The van der Waals surface area contributed by atoms with Crippen molar-refractivity contribution in [1.29, 1.82) is 0 Å². The molecular weight excluding hydrogens is 268 g/mol. The zero-order valence-electron chi connectivity index (χ0n) is 13.1. The second-order valence-electron chi connectivity index (χ2n) is 6.04. The molecule has 1 unspecified atom stereocenters. The van der Waals surface area contributed by atoms with Gasteiger partial charge in [0.15, 0.2) is 0 Å². The molecule has 1 heterocycles. The van der Waals surface area contributed by atoms with E-state index in [0.29, 0.717) is 12.3 Å². The summed E-state index contributed by atoms with van der Waals surface area (Å²) in [4.78, 5) is 13.9. The molecule has 1 aliphatic heterocycles. The average Bonchev–Trinajstić information content (AvgIpc) is 2.42. The van der Waals surface area contributed by atoms with Gasteiger partial charge in [0.1, 0.15) is 17.1 Å². The van der Waals surface area contributed by atoms with E-state index in [9.17, 15) is 9.90 Å². The smallest absolute Gasteiger partial charge is 0.233 e. The maximum absolute atomic E-state index is 11.7. The number of phenolic OH excluding ortho intramolecular Hbond substituents is 1. The Labute approximate surface area is 125 Å². The van der Waals surface area contributed by atoms with Gasteiger partial charge in [-0.15, -0.1) is 0 Å². The number of aromatic hydroxyl groups is 1. The van der Waals surface area contributed by atoms with E-state index in [1.54, 1.807) is 19.2 Å². The fourth-order valence-corrected chi connectivity index (χ4v) is 2.83. The van der Waals surface area contributed by atoms with Crippen molar-refractivity contribution in [2.75, 3.05) is 20.1 Å². The predicted molar refractivity (Wildman–Crippen MR) is 81.5 cm³/mol. The van der Waals surface area contributed by atoms with Crippen LogP contribution in [0.1, 0.15) is 38.8 Å². The van der Waals surface area contributed by atoms with Crippen LogP contribution in [0.5, 0.6) is 11.5 Å². The number of amides is 1. The Hall–Kier alpha value is -1.75. The highest BCUT2D eigenvalue weighted by Gasteiger charge is 2.36. The predicted octanol–water partition coefficient (Wildman–Crippen LogP) is 2.06. The zero-order chi connectivity index (χ0) is 15.6. The quantitative estimate of drug-likeness (QED) is 0.892. The minimum Gasteiger partial charge on any atom is -0.508 e. The third kappa shape index (κ3) is 3.47. The average molecular weight is 292 g/mol. The molecule has 1 aliphatic rings. The molecule has 1 aromatic rings. The highest BCUT2D eigenvalue weighted by atomic mass is 16.5. The third-order valence-corrected chi connectivity index (χ3v) is 3.90. The lowest BCUT2D eigenvalue weighted by Gasteiger charge is -2.42. The third-order valence-electron chi connectivity index (χ3n) is 3.90. The number of nitrogens with zero attached hydrogens (tertiary/aromatic N) is 1. The van der Waals surface area contributed by atoms with Crippen molar-refractivity contribution in [3.63, 3.8) is 0 Å². The lowest BCUT2D eigenvalue weighted by molar-refractivity contribution is -0.122. The van der Waals surface area contributed by atoms with Gasteiger partial charge in [0.2, 0.25) is 5.91 Å². The number of benzene rings is 1. The first-order valence-electron chi connectivity index (χ1n) is 7.33. The lowest BCUT2D eigenvalue weighted by atomic mass is 9.88. The number of hydrogen-bond donors (Lipinski definition) is 2. The van der Waals surface area contributed by atoms with Crippen LogP contribution in [-0.4, -0.2) is 41.7 Å². The molecule has 0 saturated carbocycles. The molecule has 1 atom stereocenters. The van der Waals surface area contributed by atoms with Gasteiger partial charge in [0.05, 0.1) is 6.54 Å². The first-order chi connectivity index (χ1) is 9.86. The molecule has 0 fully saturated rings. The van der Waals surface area contributed by atoms with Crippen molar-refractivity contribution in [3.8, 4) is 11.5 Å². The van der Waals surface area contributed by atoms with Gasteiger partial charge in [-0.25, -0.2) is 0 Å². The fourth-order valence-electron chi connectivity index (χ4n) is 2.83. The van der Waals surface area contributed by atoms with Crippen LogP contribution < -0.4 is 10.1 Å². The molecule has 0 spiro atoms. The number of carbonyl (C=O) groups excluding carboxylic acids is 1. The van der Waals surface area contributed by atoms with Crippen molar-refractivity contribution in [1.82, 2.24) is 10.2 Å². The molecule has 0 saturated heterocycles. The van der Waals surface area contributed by atoms with Crippen LogP contribution >= 0.6 is 0 Å². The van der Waals surface area contributed by atoms with Crippen molar-refractivity contribution in [2.45, 2.75) is 38.8 Å². The van der Waals surface area contributed by atoms with Crippen molar-refractivity contribution in [2.24, 2.45) is 0 Å². The Morgan fingerprint density at radius 2 is 2.24 bits per heavy atom. The number of rotatable bonds is 4. The maximum Gasteiger partial charge on any atom is 0.233 e. The van der Waals surface area contributed by atoms with Crippen LogP contribution in [0.2, 0.25) is 0 Å². The zero-order valence-corrected chi connectivity index (χ0v) is 13.1. The topological polar surface area (TPSA) is 61.8 Å². The lowest BCUT2D eigenvalue weighted by Crippen LogP contribution is -2.44. The number of likely N-dealkylation sites (N-methyl/N-ethyl adjacent to an activating group) is 2. The van der Waals surface area contributed by atoms with Crippen LogP contribution in [0.3, 0.4) is 0 Å². The van der Waals surface area contributed by atoms with E-state index in [2.05, 4.69) is 10.2 Å². The largest absolute Gasteiger partial charge is 0.508 e. The second-order valence-corrected chi connectivity index (χ2v) is 6.04. The summed E-state index contributed by atoms with van der Waals surface area (Å²) in [6.07, 6.45) is 0.801.